The van der Waals surface area contributed by atoms with Gasteiger partial charge in [-0.05, 0) is 52.7 Å². The minimum atomic E-state index is -3.88. The summed E-state index contributed by atoms with van der Waals surface area (Å²) < 4.78 is 27.4. The Morgan fingerprint density at radius 1 is 1.25 bits per heavy atom. The zero-order valence-corrected chi connectivity index (χ0v) is 13.6. The third-order valence-corrected chi connectivity index (χ3v) is 5.12. The molecule has 2 rings (SSSR count). The van der Waals surface area contributed by atoms with Crippen LogP contribution in [0, 0.1) is 6.92 Å². The highest BCUT2D eigenvalue weighted by molar-refractivity contribution is 9.10. The molecule has 0 fully saturated rings. The van der Waals surface area contributed by atoms with Crippen LogP contribution in [-0.4, -0.2) is 13.5 Å². The molecule has 2 aromatic carbocycles. The van der Waals surface area contributed by atoms with Gasteiger partial charge in [-0.2, -0.15) is 0 Å². The molecule has 2 N–H and O–H groups in total. The lowest BCUT2D eigenvalue weighted by Gasteiger charge is -2.12. The van der Waals surface area contributed by atoms with Crippen LogP contribution in [0.1, 0.15) is 5.56 Å². The van der Waals surface area contributed by atoms with Crippen molar-refractivity contribution < 1.29 is 13.5 Å². The molecule has 0 heterocycles. The normalized spacial score (nSPS) is 11.3. The van der Waals surface area contributed by atoms with E-state index in [1.165, 1.54) is 24.3 Å². The van der Waals surface area contributed by atoms with Gasteiger partial charge in [-0.3, -0.25) is 4.72 Å². The second kappa shape index (κ2) is 5.63. The van der Waals surface area contributed by atoms with Gasteiger partial charge in [0.1, 0.15) is 10.6 Å². The van der Waals surface area contributed by atoms with Crippen molar-refractivity contribution in [1.29, 1.82) is 0 Å². The highest BCUT2D eigenvalue weighted by Gasteiger charge is 2.19. The molecule has 0 aliphatic carbocycles. The minimum Gasteiger partial charge on any atom is -0.507 e. The molecule has 0 aromatic heterocycles. The quantitative estimate of drug-likeness (QED) is 0.853. The Balaban J connectivity index is 2.44. The Kier molecular flexibility index (Phi) is 4.27. The molecule has 4 nitrogen and oxygen atoms in total. The fourth-order valence-corrected chi connectivity index (χ4v) is 3.63. The summed E-state index contributed by atoms with van der Waals surface area (Å²) >= 11 is 9.26. The first-order valence-corrected chi connectivity index (χ1v) is 8.23. The smallest absolute Gasteiger partial charge is 0.265 e. The molecule has 106 valence electrons. The van der Waals surface area contributed by atoms with E-state index >= 15 is 0 Å². The lowest BCUT2D eigenvalue weighted by atomic mass is 10.2. The van der Waals surface area contributed by atoms with Crippen molar-refractivity contribution in [2.75, 3.05) is 4.72 Å². The first kappa shape index (κ1) is 15.2. The number of para-hydroxylation sites is 1. The molecule has 20 heavy (non-hydrogen) atoms. The van der Waals surface area contributed by atoms with Gasteiger partial charge in [-0.15, -0.1) is 0 Å². The first-order valence-electron chi connectivity index (χ1n) is 5.58. The third kappa shape index (κ3) is 3.08. The number of rotatable bonds is 3. The number of sulfonamides is 1. The summed E-state index contributed by atoms with van der Waals surface area (Å²) in [6.07, 6.45) is 0. The van der Waals surface area contributed by atoms with E-state index in [-0.39, 0.29) is 10.6 Å². The summed E-state index contributed by atoms with van der Waals surface area (Å²) in [6.45, 7) is 1.81. The van der Waals surface area contributed by atoms with Crippen LogP contribution in [0.4, 0.5) is 5.69 Å². The highest BCUT2D eigenvalue weighted by atomic mass is 79.9. The molecule has 7 heteroatoms. The fourth-order valence-electron chi connectivity index (χ4n) is 1.61. The molecule has 0 saturated carbocycles. The van der Waals surface area contributed by atoms with E-state index < -0.39 is 10.0 Å². The van der Waals surface area contributed by atoms with Crippen molar-refractivity contribution in [1.82, 2.24) is 0 Å². The molecule has 0 amide bonds. The molecule has 0 aliphatic heterocycles. The van der Waals surface area contributed by atoms with E-state index in [0.717, 1.165) is 5.56 Å². The van der Waals surface area contributed by atoms with E-state index in [4.69, 9.17) is 11.6 Å². The summed E-state index contributed by atoms with van der Waals surface area (Å²) in [6, 6.07) is 8.94. The van der Waals surface area contributed by atoms with Gasteiger partial charge in [-0.25, -0.2) is 8.42 Å². The summed E-state index contributed by atoms with van der Waals surface area (Å²) in [5.74, 6) is -0.311. The lowest BCUT2D eigenvalue weighted by Crippen LogP contribution is -2.13. The summed E-state index contributed by atoms with van der Waals surface area (Å²) in [7, 11) is -3.88. The predicted molar refractivity (Wildman–Crippen MR) is 82.8 cm³/mol. The molecule has 0 radical (unpaired) electrons. The number of phenolic OH excluding ortho intramolecular Hbond substituents is 1. The van der Waals surface area contributed by atoms with E-state index in [2.05, 4.69) is 20.7 Å². The standard InChI is InChI=1S/C13H11BrClNO3S/c1-8-6-9(14)11(7-10(8)15)16-20(18,19)13-5-3-2-4-12(13)17/h2-7,16-17H,1H3. The topological polar surface area (TPSA) is 66.4 Å². The predicted octanol–water partition coefficient (Wildman–Crippen LogP) is 3.92. The number of halogens is 2. The van der Waals surface area contributed by atoms with E-state index in [1.807, 2.05) is 6.92 Å². The second-order valence-corrected chi connectivity index (χ2v) is 7.07. The van der Waals surface area contributed by atoms with Crippen LogP contribution in [0.3, 0.4) is 0 Å². The van der Waals surface area contributed by atoms with Crippen molar-refractivity contribution in [2.45, 2.75) is 11.8 Å². The average Bonchev–Trinajstić information content (AvgIpc) is 2.36. The van der Waals surface area contributed by atoms with E-state index in [0.29, 0.717) is 15.2 Å². The zero-order chi connectivity index (χ0) is 14.9. The number of aryl methyl sites for hydroxylation is 1. The number of phenols is 1. The molecule has 0 atom stereocenters. The highest BCUT2D eigenvalue weighted by Crippen LogP contribution is 2.32. The number of benzene rings is 2. The Morgan fingerprint density at radius 2 is 1.90 bits per heavy atom. The lowest BCUT2D eigenvalue weighted by molar-refractivity contribution is 0.459. The number of hydrogen-bond donors (Lipinski definition) is 2. The molecule has 0 spiro atoms. The van der Waals surface area contributed by atoms with Crippen LogP contribution in [-0.2, 0) is 10.0 Å². The summed E-state index contributed by atoms with van der Waals surface area (Å²) in [4.78, 5) is -0.191. The monoisotopic (exact) mass is 375 g/mol. The second-order valence-electron chi connectivity index (χ2n) is 4.15. The Bertz CT molecular complexity index is 762. The summed E-state index contributed by atoms with van der Waals surface area (Å²) in [5, 5.41) is 10.1. The number of nitrogens with one attached hydrogen (secondary N) is 1. The molecular formula is C13H11BrClNO3S. The van der Waals surface area contributed by atoms with Gasteiger partial charge in [0.2, 0.25) is 0 Å². The SMILES string of the molecule is Cc1cc(Br)c(NS(=O)(=O)c2ccccc2O)cc1Cl. The van der Waals surface area contributed by atoms with Crippen molar-refractivity contribution in [3.63, 3.8) is 0 Å². The third-order valence-electron chi connectivity index (χ3n) is 2.65. The molecular weight excluding hydrogens is 366 g/mol. The van der Waals surface area contributed by atoms with Gasteiger partial charge >= 0.3 is 0 Å². The van der Waals surface area contributed by atoms with Crippen molar-refractivity contribution >= 4 is 43.2 Å². The minimum absolute atomic E-state index is 0.191. The van der Waals surface area contributed by atoms with Crippen LogP contribution in [0.5, 0.6) is 5.75 Å². The Hall–Kier alpha value is -1.24. The van der Waals surface area contributed by atoms with Crippen LogP contribution in [0.2, 0.25) is 5.02 Å². The van der Waals surface area contributed by atoms with Crippen LogP contribution in [0.25, 0.3) is 0 Å². The zero-order valence-electron chi connectivity index (χ0n) is 10.4. The number of hydrogen-bond acceptors (Lipinski definition) is 3. The van der Waals surface area contributed by atoms with Crippen molar-refractivity contribution in [2.24, 2.45) is 0 Å². The van der Waals surface area contributed by atoms with Gasteiger partial charge in [-0.1, -0.05) is 23.7 Å². The summed E-state index contributed by atoms with van der Waals surface area (Å²) in [5.41, 5.74) is 1.13. The maximum atomic E-state index is 12.2. The molecule has 2 aromatic rings. The van der Waals surface area contributed by atoms with Gasteiger partial charge in [0, 0.05) is 9.50 Å². The van der Waals surface area contributed by atoms with Gasteiger partial charge in [0.05, 0.1) is 5.69 Å². The van der Waals surface area contributed by atoms with Gasteiger partial charge < -0.3 is 5.11 Å². The number of aromatic hydroxyl groups is 1. The largest absolute Gasteiger partial charge is 0.507 e. The number of anilines is 1. The van der Waals surface area contributed by atoms with Crippen LogP contribution < -0.4 is 4.72 Å². The average molecular weight is 377 g/mol. The van der Waals surface area contributed by atoms with Gasteiger partial charge in [0.25, 0.3) is 10.0 Å². The van der Waals surface area contributed by atoms with E-state index in [1.54, 1.807) is 12.1 Å². The maximum Gasteiger partial charge on any atom is 0.265 e. The molecule has 0 unspecified atom stereocenters. The molecule has 0 saturated heterocycles. The van der Waals surface area contributed by atoms with E-state index in [9.17, 15) is 13.5 Å². The van der Waals surface area contributed by atoms with Crippen molar-refractivity contribution in [3.8, 4) is 5.75 Å². The van der Waals surface area contributed by atoms with Crippen molar-refractivity contribution in [3.05, 3.63) is 51.5 Å². The van der Waals surface area contributed by atoms with Crippen LogP contribution >= 0.6 is 27.5 Å². The Labute approximate surface area is 130 Å². The Morgan fingerprint density at radius 3 is 2.55 bits per heavy atom. The van der Waals surface area contributed by atoms with Crippen LogP contribution in [0.15, 0.2) is 45.8 Å². The molecule has 0 aliphatic rings. The first-order chi connectivity index (χ1) is 9.31. The molecule has 0 bridgehead atoms. The maximum absolute atomic E-state index is 12.2. The van der Waals surface area contributed by atoms with Gasteiger partial charge in [0.15, 0.2) is 0 Å². The fraction of sp³-hybridized carbons (Fsp3) is 0.0769.